The molecule has 0 saturated carbocycles. The van der Waals surface area contributed by atoms with Crippen LogP contribution in [0.4, 0.5) is 5.69 Å². The number of para-hydroxylation sites is 1. The first kappa shape index (κ1) is 22.5. The zero-order valence-corrected chi connectivity index (χ0v) is 19.7. The third kappa shape index (κ3) is 5.35. The third-order valence-electron chi connectivity index (χ3n) is 5.99. The molecule has 1 saturated heterocycles. The van der Waals surface area contributed by atoms with Crippen molar-refractivity contribution in [3.8, 4) is 16.3 Å². The van der Waals surface area contributed by atoms with Crippen LogP contribution >= 0.6 is 11.3 Å². The van der Waals surface area contributed by atoms with Gasteiger partial charge in [-0.15, -0.1) is 11.3 Å². The van der Waals surface area contributed by atoms with E-state index in [1.54, 1.807) is 18.4 Å². The van der Waals surface area contributed by atoms with E-state index in [1.165, 1.54) is 5.56 Å². The van der Waals surface area contributed by atoms with Crippen molar-refractivity contribution in [2.75, 3.05) is 45.2 Å². The van der Waals surface area contributed by atoms with Crippen LogP contribution in [0.1, 0.15) is 16.8 Å². The third-order valence-corrected chi connectivity index (χ3v) is 6.91. The van der Waals surface area contributed by atoms with E-state index in [2.05, 4.69) is 33.5 Å². The predicted molar refractivity (Wildman–Crippen MR) is 130 cm³/mol. The highest BCUT2D eigenvalue weighted by molar-refractivity contribution is 7.13. The van der Waals surface area contributed by atoms with E-state index in [9.17, 15) is 4.79 Å². The Hall–Kier alpha value is -2.74. The van der Waals surface area contributed by atoms with E-state index in [1.807, 2.05) is 43.3 Å². The fraction of sp³-hybridized carbons (Fsp3) is 0.360. The number of ether oxygens (including phenoxy) is 1. The van der Waals surface area contributed by atoms with Crippen LogP contribution in [0.15, 0.2) is 47.8 Å². The lowest BCUT2D eigenvalue weighted by Crippen LogP contribution is -2.48. The number of amides is 1. The number of hydrogen-bond acceptors (Lipinski definition) is 6. The monoisotopic (exact) mass is 450 g/mol. The number of methoxy groups -OCH3 is 1. The van der Waals surface area contributed by atoms with Gasteiger partial charge in [-0.1, -0.05) is 24.3 Å². The van der Waals surface area contributed by atoms with Crippen LogP contribution < -0.4 is 10.1 Å². The minimum atomic E-state index is 0.0492. The first-order valence-electron chi connectivity index (χ1n) is 10.9. The highest BCUT2D eigenvalue weighted by Crippen LogP contribution is 2.32. The molecule has 1 fully saturated rings. The van der Waals surface area contributed by atoms with E-state index in [0.717, 1.165) is 66.0 Å². The van der Waals surface area contributed by atoms with Gasteiger partial charge in [-0.25, -0.2) is 4.98 Å². The maximum absolute atomic E-state index is 12.5. The molecule has 1 amide bonds. The van der Waals surface area contributed by atoms with Crippen LogP contribution in [0.2, 0.25) is 0 Å². The Morgan fingerprint density at radius 2 is 1.81 bits per heavy atom. The van der Waals surface area contributed by atoms with Gasteiger partial charge in [0.25, 0.3) is 0 Å². The summed E-state index contributed by atoms with van der Waals surface area (Å²) in [5.41, 5.74) is 5.33. The first-order chi connectivity index (χ1) is 15.5. The van der Waals surface area contributed by atoms with Crippen molar-refractivity contribution in [1.82, 2.24) is 14.8 Å². The van der Waals surface area contributed by atoms with Crippen molar-refractivity contribution in [3.05, 3.63) is 64.7 Å². The molecule has 2 aromatic carbocycles. The number of rotatable bonds is 7. The van der Waals surface area contributed by atoms with E-state index < -0.39 is 0 Å². The molecule has 4 rings (SSSR count). The number of benzene rings is 2. The highest BCUT2D eigenvalue weighted by Gasteiger charge is 2.20. The number of anilines is 1. The number of carbonyl (C=O) groups excluding carboxylic acids is 1. The van der Waals surface area contributed by atoms with Gasteiger partial charge in [-0.2, -0.15) is 0 Å². The topological polar surface area (TPSA) is 57.7 Å². The van der Waals surface area contributed by atoms with Crippen molar-refractivity contribution in [2.24, 2.45) is 0 Å². The van der Waals surface area contributed by atoms with Gasteiger partial charge in [0.05, 0.1) is 24.9 Å². The van der Waals surface area contributed by atoms with Crippen LogP contribution in [0.25, 0.3) is 10.6 Å². The lowest BCUT2D eigenvalue weighted by atomic mass is 10.1. The maximum Gasteiger partial charge on any atom is 0.238 e. The summed E-state index contributed by atoms with van der Waals surface area (Å²) in [7, 11) is 1.69. The number of hydrogen-bond donors (Lipinski definition) is 1. The van der Waals surface area contributed by atoms with Crippen LogP contribution in [0.3, 0.4) is 0 Å². The Morgan fingerprint density at radius 3 is 2.59 bits per heavy atom. The molecule has 0 bridgehead atoms. The Labute approximate surface area is 193 Å². The van der Waals surface area contributed by atoms with Gasteiger partial charge in [0.2, 0.25) is 5.91 Å². The van der Waals surface area contributed by atoms with Gasteiger partial charge >= 0.3 is 0 Å². The molecule has 6 nitrogen and oxygen atoms in total. The molecule has 1 aliphatic rings. The van der Waals surface area contributed by atoms with Gasteiger partial charge in [-0.05, 0) is 43.2 Å². The minimum Gasteiger partial charge on any atom is -0.496 e. The minimum absolute atomic E-state index is 0.0492. The van der Waals surface area contributed by atoms with Crippen molar-refractivity contribution < 1.29 is 9.53 Å². The number of thiazole rings is 1. The molecule has 0 atom stereocenters. The Kier molecular flexibility index (Phi) is 7.19. The quantitative estimate of drug-likeness (QED) is 0.585. The molecule has 0 unspecified atom stereocenters. The Bertz CT molecular complexity index is 1070. The number of aryl methyl sites for hydroxylation is 1. The van der Waals surface area contributed by atoms with E-state index >= 15 is 0 Å². The van der Waals surface area contributed by atoms with Gasteiger partial charge < -0.3 is 10.1 Å². The normalized spacial score (nSPS) is 15.0. The number of carbonyl (C=O) groups is 1. The molecular formula is C25H30N4O2S. The Morgan fingerprint density at radius 1 is 1.06 bits per heavy atom. The van der Waals surface area contributed by atoms with Gasteiger partial charge in [0.15, 0.2) is 0 Å². The summed E-state index contributed by atoms with van der Waals surface area (Å²) >= 11 is 1.65. The SMILES string of the molecule is COc1ccccc1-c1nc(CN2CCN(CC(=O)Nc3cccc(C)c3C)CC2)cs1. The number of nitrogens with one attached hydrogen (secondary N) is 1. The zero-order chi connectivity index (χ0) is 22.5. The second-order valence-corrected chi connectivity index (χ2v) is 9.05. The molecular weight excluding hydrogens is 420 g/mol. The zero-order valence-electron chi connectivity index (χ0n) is 18.9. The summed E-state index contributed by atoms with van der Waals surface area (Å²) in [5.74, 6) is 0.897. The molecule has 168 valence electrons. The fourth-order valence-electron chi connectivity index (χ4n) is 3.94. The van der Waals surface area contributed by atoms with Crippen molar-refractivity contribution in [1.29, 1.82) is 0 Å². The van der Waals surface area contributed by atoms with Crippen LogP contribution in [-0.4, -0.2) is 60.5 Å². The largest absolute Gasteiger partial charge is 0.496 e. The molecule has 0 radical (unpaired) electrons. The molecule has 3 aromatic rings. The average molecular weight is 451 g/mol. The molecule has 7 heteroatoms. The number of piperazine rings is 1. The van der Waals surface area contributed by atoms with Crippen LogP contribution in [0.5, 0.6) is 5.75 Å². The van der Waals surface area contributed by atoms with E-state index in [-0.39, 0.29) is 5.91 Å². The maximum atomic E-state index is 12.5. The van der Waals surface area contributed by atoms with Gasteiger partial charge in [-0.3, -0.25) is 14.6 Å². The van der Waals surface area contributed by atoms with Crippen LogP contribution in [-0.2, 0) is 11.3 Å². The molecule has 0 spiro atoms. The second kappa shape index (κ2) is 10.3. The predicted octanol–water partition coefficient (Wildman–Crippen LogP) is 4.19. The summed E-state index contributed by atoms with van der Waals surface area (Å²) < 4.78 is 5.47. The molecule has 32 heavy (non-hydrogen) atoms. The first-order valence-corrected chi connectivity index (χ1v) is 11.8. The summed E-state index contributed by atoms with van der Waals surface area (Å²) in [4.78, 5) is 22.0. The summed E-state index contributed by atoms with van der Waals surface area (Å²) in [6, 6.07) is 14.0. The Balaban J connectivity index is 1.27. The summed E-state index contributed by atoms with van der Waals surface area (Å²) in [6.45, 7) is 8.97. The molecule has 0 aliphatic carbocycles. The van der Waals surface area contributed by atoms with Crippen LogP contribution in [0, 0.1) is 13.8 Å². The second-order valence-electron chi connectivity index (χ2n) is 8.19. The highest BCUT2D eigenvalue weighted by atomic mass is 32.1. The smallest absolute Gasteiger partial charge is 0.238 e. The van der Waals surface area contributed by atoms with Crippen molar-refractivity contribution in [2.45, 2.75) is 20.4 Å². The van der Waals surface area contributed by atoms with Gasteiger partial charge in [0, 0.05) is 43.8 Å². The summed E-state index contributed by atoms with van der Waals surface area (Å²) in [6.07, 6.45) is 0. The molecule has 1 aliphatic heterocycles. The van der Waals surface area contributed by atoms with Crippen molar-refractivity contribution in [3.63, 3.8) is 0 Å². The van der Waals surface area contributed by atoms with Gasteiger partial charge in [0.1, 0.15) is 10.8 Å². The lowest BCUT2D eigenvalue weighted by molar-refractivity contribution is -0.117. The number of aromatic nitrogens is 1. The number of nitrogens with zero attached hydrogens (tertiary/aromatic N) is 3. The lowest BCUT2D eigenvalue weighted by Gasteiger charge is -2.33. The standard InChI is InChI=1S/C25H30N4O2S/c1-18-7-6-9-22(19(18)2)27-24(30)16-29-13-11-28(12-14-29)15-20-17-32-25(26-20)21-8-4-5-10-23(21)31-3/h4-10,17H,11-16H2,1-3H3,(H,27,30). The van der Waals surface area contributed by atoms with E-state index in [0.29, 0.717) is 6.54 Å². The summed E-state index contributed by atoms with van der Waals surface area (Å²) in [5, 5.41) is 6.18. The molecule has 1 N–H and O–H groups in total. The molecule has 1 aromatic heterocycles. The van der Waals surface area contributed by atoms with E-state index in [4.69, 9.17) is 9.72 Å². The van der Waals surface area contributed by atoms with Crippen molar-refractivity contribution >= 4 is 22.9 Å². The average Bonchev–Trinajstić information content (AvgIpc) is 3.26. The fourth-order valence-corrected chi connectivity index (χ4v) is 4.78. The molecule has 2 heterocycles.